The van der Waals surface area contributed by atoms with Crippen LogP contribution in [-0.2, 0) is 11.3 Å². The quantitative estimate of drug-likeness (QED) is 0.658. The first kappa shape index (κ1) is 21.8. The Morgan fingerprint density at radius 1 is 1.28 bits per heavy atom. The molecule has 1 aliphatic rings. The molecular formula is C22H31FN4OS. The van der Waals surface area contributed by atoms with Crippen LogP contribution in [-0.4, -0.2) is 32.5 Å². The van der Waals surface area contributed by atoms with Crippen LogP contribution in [0.2, 0.25) is 0 Å². The molecule has 3 atom stereocenters. The molecule has 5 nitrogen and oxygen atoms in total. The highest BCUT2D eigenvalue weighted by molar-refractivity contribution is 7.99. The van der Waals surface area contributed by atoms with E-state index in [1.807, 2.05) is 4.57 Å². The molecule has 1 aliphatic carbocycles. The van der Waals surface area contributed by atoms with Crippen molar-refractivity contribution in [2.75, 3.05) is 5.75 Å². The summed E-state index contributed by atoms with van der Waals surface area (Å²) in [7, 11) is 0. The molecule has 7 heteroatoms. The van der Waals surface area contributed by atoms with Crippen LogP contribution in [0.25, 0.3) is 11.4 Å². The van der Waals surface area contributed by atoms with Gasteiger partial charge in [0.25, 0.3) is 0 Å². The van der Waals surface area contributed by atoms with E-state index in [0.717, 1.165) is 12.8 Å². The van der Waals surface area contributed by atoms with E-state index in [1.54, 1.807) is 18.2 Å². The SMILES string of the molecule is CC(C)Cn1c(SCC(=O)N[C@H]2CCC[C@H](C)[C@H]2C)nnc1-c1ccccc1F. The number of hydrogen-bond acceptors (Lipinski definition) is 4. The maximum Gasteiger partial charge on any atom is 0.230 e. The Morgan fingerprint density at radius 2 is 2.03 bits per heavy atom. The largest absolute Gasteiger partial charge is 0.352 e. The zero-order valence-corrected chi connectivity index (χ0v) is 18.5. The first-order valence-electron chi connectivity index (χ1n) is 10.5. The second-order valence-electron chi connectivity index (χ2n) is 8.52. The minimum absolute atomic E-state index is 0.0208. The molecule has 1 aromatic carbocycles. The number of aromatic nitrogens is 3. The molecular weight excluding hydrogens is 387 g/mol. The van der Waals surface area contributed by atoms with Crippen molar-refractivity contribution in [1.82, 2.24) is 20.1 Å². The third-order valence-corrected chi connectivity index (χ3v) is 6.73. The molecule has 29 heavy (non-hydrogen) atoms. The van der Waals surface area contributed by atoms with Crippen LogP contribution in [0.5, 0.6) is 0 Å². The first-order chi connectivity index (χ1) is 13.9. The van der Waals surface area contributed by atoms with Gasteiger partial charge in [-0.3, -0.25) is 4.79 Å². The maximum atomic E-state index is 14.3. The molecule has 1 fully saturated rings. The number of nitrogens with one attached hydrogen (secondary N) is 1. The van der Waals surface area contributed by atoms with Crippen LogP contribution in [0.3, 0.4) is 0 Å². The number of carbonyl (C=O) groups is 1. The fourth-order valence-corrected chi connectivity index (χ4v) is 4.69. The van der Waals surface area contributed by atoms with E-state index >= 15 is 0 Å². The van der Waals surface area contributed by atoms with Crippen LogP contribution in [0.4, 0.5) is 4.39 Å². The van der Waals surface area contributed by atoms with Crippen molar-refractivity contribution in [3.05, 3.63) is 30.1 Å². The predicted molar refractivity (Wildman–Crippen MR) is 115 cm³/mol. The van der Waals surface area contributed by atoms with Crippen molar-refractivity contribution in [2.24, 2.45) is 17.8 Å². The number of benzene rings is 1. The smallest absolute Gasteiger partial charge is 0.230 e. The third-order valence-electron chi connectivity index (χ3n) is 5.76. The number of halogens is 1. The van der Waals surface area contributed by atoms with Gasteiger partial charge in [0.2, 0.25) is 5.91 Å². The minimum atomic E-state index is -0.320. The van der Waals surface area contributed by atoms with Gasteiger partial charge in [-0.2, -0.15) is 0 Å². The molecule has 0 spiro atoms. The van der Waals surface area contributed by atoms with Gasteiger partial charge in [-0.15, -0.1) is 10.2 Å². The summed E-state index contributed by atoms with van der Waals surface area (Å²) in [4.78, 5) is 12.6. The molecule has 1 amide bonds. The van der Waals surface area contributed by atoms with Gasteiger partial charge in [0.1, 0.15) is 5.82 Å². The maximum absolute atomic E-state index is 14.3. The van der Waals surface area contributed by atoms with Crippen LogP contribution in [0.15, 0.2) is 29.4 Å². The molecule has 1 aromatic heterocycles. The van der Waals surface area contributed by atoms with Crippen molar-refractivity contribution in [3.63, 3.8) is 0 Å². The minimum Gasteiger partial charge on any atom is -0.352 e. The van der Waals surface area contributed by atoms with Crippen LogP contribution < -0.4 is 5.32 Å². The lowest BCUT2D eigenvalue weighted by Gasteiger charge is -2.34. The number of nitrogens with zero attached hydrogens (tertiary/aromatic N) is 3. The highest BCUT2D eigenvalue weighted by Gasteiger charge is 2.28. The molecule has 0 radical (unpaired) electrons. The average Bonchev–Trinajstić information content (AvgIpc) is 3.06. The van der Waals surface area contributed by atoms with Crippen molar-refractivity contribution < 1.29 is 9.18 Å². The highest BCUT2D eigenvalue weighted by atomic mass is 32.2. The fourth-order valence-electron chi connectivity index (χ4n) is 3.93. The fraction of sp³-hybridized carbons (Fsp3) is 0.591. The van der Waals surface area contributed by atoms with Gasteiger partial charge in [-0.25, -0.2) is 4.39 Å². The van der Waals surface area contributed by atoms with Crippen molar-refractivity contribution in [2.45, 2.75) is 64.7 Å². The van der Waals surface area contributed by atoms with Gasteiger partial charge >= 0.3 is 0 Å². The van der Waals surface area contributed by atoms with Gasteiger partial charge in [-0.05, 0) is 36.3 Å². The number of amides is 1. The molecule has 1 heterocycles. The lowest BCUT2D eigenvalue weighted by Crippen LogP contribution is -2.44. The number of carbonyl (C=O) groups excluding carboxylic acids is 1. The molecule has 1 saturated carbocycles. The number of rotatable bonds is 7. The third kappa shape index (κ3) is 5.38. The Bertz CT molecular complexity index is 838. The van der Waals surface area contributed by atoms with E-state index < -0.39 is 0 Å². The van der Waals surface area contributed by atoms with Gasteiger partial charge < -0.3 is 9.88 Å². The number of thioether (sulfide) groups is 1. The van der Waals surface area contributed by atoms with Gasteiger partial charge in [0.15, 0.2) is 11.0 Å². The van der Waals surface area contributed by atoms with Gasteiger partial charge in [0.05, 0.1) is 11.3 Å². The molecule has 0 aliphatic heterocycles. The standard InChI is InChI=1S/C22H31FN4OS/c1-14(2)12-27-21(17-9-5-6-10-18(17)23)25-26-22(27)29-13-20(28)24-19-11-7-8-15(3)16(19)4/h5-6,9-10,14-16,19H,7-8,11-13H2,1-4H3,(H,24,28)/t15-,16+,19-/m0/s1. The Labute approximate surface area is 176 Å². The summed E-state index contributed by atoms with van der Waals surface area (Å²) >= 11 is 1.36. The predicted octanol–water partition coefficient (Wildman–Crippen LogP) is 4.77. The van der Waals surface area contributed by atoms with E-state index in [0.29, 0.717) is 40.8 Å². The molecule has 0 bridgehead atoms. The van der Waals surface area contributed by atoms with Crippen molar-refractivity contribution >= 4 is 17.7 Å². The van der Waals surface area contributed by atoms with E-state index in [2.05, 4.69) is 43.2 Å². The number of hydrogen-bond donors (Lipinski definition) is 1. The second-order valence-corrected chi connectivity index (χ2v) is 9.46. The topological polar surface area (TPSA) is 59.8 Å². The normalized spacial score (nSPS) is 22.1. The zero-order chi connectivity index (χ0) is 21.0. The molecule has 0 saturated heterocycles. The summed E-state index contributed by atoms with van der Waals surface area (Å²) in [5.41, 5.74) is 0.432. The monoisotopic (exact) mass is 418 g/mol. The summed E-state index contributed by atoms with van der Waals surface area (Å²) in [6.45, 7) is 9.34. The van der Waals surface area contributed by atoms with E-state index in [-0.39, 0.29) is 23.5 Å². The average molecular weight is 419 g/mol. The lowest BCUT2D eigenvalue weighted by atomic mass is 9.78. The van der Waals surface area contributed by atoms with Gasteiger partial charge in [0, 0.05) is 12.6 Å². The lowest BCUT2D eigenvalue weighted by molar-refractivity contribution is -0.120. The summed E-state index contributed by atoms with van der Waals surface area (Å²) in [5.74, 6) is 1.97. The van der Waals surface area contributed by atoms with Crippen molar-refractivity contribution in [3.8, 4) is 11.4 Å². The highest BCUT2D eigenvalue weighted by Crippen LogP contribution is 2.30. The van der Waals surface area contributed by atoms with E-state index in [4.69, 9.17) is 0 Å². The molecule has 2 aromatic rings. The summed E-state index contributed by atoms with van der Waals surface area (Å²) < 4.78 is 16.2. The summed E-state index contributed by atoms with van der Waals surface area (Å²) in [5, 5.41) is 12.3. The van der Waals surface area contributed by atoms with Gasteiger partial charge in [-0.1, -0.05) is 64.4 Å². The Kier molecular flexibility index (Phi) is 7.33. The molecule has 3 rings (SSSR count). The zero-order valence-electron chi connectivity index (χ0n) is 17.7. The second kappa shape index (κ2) is 9.74. The Morgan fingerprint density at radius 3 is 2.76 bits per heavy atom. The molecule has 0 unspecified atom stereocenters. The van der Waals surface area contributed by atoms with E-state index in [1.165, 1.54) is 24.2 Å². The first-order valence-corrected chi connectivity index (χ1v) is 11.5. The van der Waals surface area contributed by atoms with Crippen LogP contribution in [0, 0.1) is 23.6 Å². The van der Waals surface area contributed by atoms with Crippen molar-refractivity contribution in [1.29, 1.82) is 0 Å². The Hall–Kier alpha value is -1.89. The van der Waals surface area contributed by atoms with Crippen LogP contribution in [0.1, 0.15) is 47.0 Å². The summed E-state index contributed by atoms with van der Waals surface area (Å²) in [6, 6.07) is 6.84. The Balaban J connectivity index is 1.70. The van der Waals surface area contributed by atoms with Crippen LogP contribution >= 0.6 is 11.8 Å². The molecule has 158 valence electrons. The van der Waals surface area contributed by atoms with E-state index in [9.17, 15) is 9.18 Å². The molecule has 1 N–H and O–H groups in total. The summed E-state index contributed by atoms with van der Waals surface area (Å²) in [6.07, 6.45) is 3.45.